The Balaban J connectivity index is 1.85. The van der Waals surface area contributed by atoms with Gasteiger partial charge in [-0.05, 0) is 41.0 Å². The largest absolute Gasteiger partial charge is 0.486 e. The number of hydrogen-bond acceptors (Lipinski definition) is 4. The molecule has 108 valence electrons. The van der Waals surface area contributed by atoms with Gasteiger partial charge in [-0.15, -0.1) is 0 Å². The lowest BCUT2D eigenvalue weighted by molar-refractivity contribution is 0.0765. The highest BCUT2D eigenvalue weighted by atomic mass is 79.9. The number of nitrogens with one attached hydrogen (secondary N) is 1. The van der Waals surface area contributed by atoms with E-state index < -0.39 is 0 Å². The number of ether oxygens (including phenoxy) is 2. The molecule has 1 aromatic rings. The van der Waals surface area contributed by atoms with Gasteiger partial charge < -0.3 is 19.7 Å². The first kappa shape index (κ1) is 13.7. The minimum Gasteiger partial charge on any atom is -0.486 e. The summed E-state index contributed by atoms with van der Waals surface area (Å²) in [5.74, 6) is 1.37. The molecule has 1 fully saturated rings. The van der Waals surface area contributed by atoms with Gasteiger partial charge in [-0.1, -0.05) is 0 Å². The Bertz CT molecular complexity index is 513. The third-order valence-electron chi connectivity index (χ3n) is 3.47. The van der Waals surface area contributed by atoms with Crippen molar-refractivity contribution in [3.8, 4) is 11.5 Å². The number of nitrogens with zero attached hydrogens (tertiary/aromatic N) is 1. The standard InChI is InChI=1S/C14H17BrN2O3/c15-11-8-10(9-12-13(11)20-7-6-19-12)14(18)17-4-1-2-16-3-5-17/h8-9,16H,1-7H2. The predicted octanol–water partition coefficient (Wildman–Crippen LogP) is 1.66. The van der Waals surface area contributed by atoms with Crippen LogP contribution in [0.15, 0.2) is 16.6 Å². The lowest BCUT2D eigenvalue weighted by atomic mass is 10.1. The molecular weight excluding hydrogens is 324 g/mol. The summed E-state index contributed by atoms with van der Waals surface area (Å²) in [5, 5.41) is 3.30. The third-order valence-corrected chi connectivity index (χ3v) is 4.06. The van der Waals surface area contributed by atoms with E-state index in [1.807, 2.05) is 11.0 Å². The summed E-state index contributed by atoms with van der Waals surface area (Å²) in [7, 11) is 0. The Labute approximate surface area is 126 Å². The van der Waals surface area contributed by atoms with Crippen LogP contribution in [0.2, 0.25) is 0 Å². The molecule has 0 saturated carbocycles. The molecule has 1 aromatic carbocycles. The fourth-order valence-electron chi connectivity index (χ4n) is 2.47. The van der Waals surface area contributed by atoms with Crippen molar-refractivity contribution in [3.05, 3.63) is 22.2 Å². The van der Waals surface area contributed by atoms with Crippen LogP contribution in [-0.2, 0) is 0 Å². The van der Waals surface area contributed by atoms with E-state index in [0.29, 0.717) is 30.3 Å². The number of carbonyl (C=O) groups excluding carboxylic acids is 1. The maximum atomic E-state index is 12.6. The Hall–Kier alpha value is -1.27. The maximum Gasteiger partial charge on any atom is 0.254 e. The molecule has 20 heavy (non-hydrogen) atoms. The number of amides is 1. The van der Waals surface area contributed by atoms with Gasteiger partial charge in [-0.3, -0.25) is 4.79 Å². The van der Waals surface area contributed by atoms with Crippen molar-refractivity contribution in [2.75, 3.05) is 39.4 Å². The molecule has 6 heteroatoms. The molecule has 0 radical (unpaired) electrons. The van der Waals surface area contributed by atoms with Crippen LogP contribution < -0.4 is 14.8 Å². The minimum atomic E-state index is 0.0476. The normalized spacial score (nSPS) is 18.6. The van der Waals surface area contributed by atoms with E-state index in [0.717, 1.165) is 37.1 Å². The molecule has 0 bridgehead atoms. The fraction of sp³-hybridized carbons (Fsp3) is 0.500. The Morgan fingerprint density at radius 1 is 1.20 bits per heavy atom. The third kappa shape index (κ3) is 2.76. The van der Waals surface area contributed by atoms with E-state index in [1.165, 1.54) is 0 Å². The summed E-state index contributed by atoms with van der Waals surface area (Å²) in [6, 6.07) is 3.59. The van der Waals surface area contributed by atoms with Crippen molar-refractivity contribution in [3.63, 3.8) is 0 Å². The summed E-state index contributed by atoms with van der Waals surface area (Å²) in [6.45, 7) is 4.40. The van der Waals surface area contributed by atoms with E-state index in [4.69, 9.17) is 9.47 Å². The molecule has 0 atom stereocenters. The van der Waals surface area contributed by atoms with Gasteiger partial charge >= 0.3 is 0 Å². The molecule has 5 nitrogen and oxygen atoms in total. The van der Waals surface area contributed by atoms with Crippen LogP contribution in [0, 0.1) is 0 Å². The number of rotatable bonds is 1. The van der Waals surface area contributed by atoms with Gasteiger partial charge in [0.15, 0.2) is 11.5 Å². The molecule has 1 amide bonds. The zero-order valence-corrected chi connectivity index (χ0v) is 12.7. The van der Waals surface area contributed by atoms with Crippen molar-refractivity contribution in [2.24, 2.45) is 0 Å². The molecule has 3 rings (SSSR count). The fourth-order valence-corrected chi connectivity index (χ4v) is 3.02. The SMILES string of the molecule is O=C(c1cc(Br)c2c(c1)OCCO2)N1CCCNCC1. The van der Waals surface area contributed by atoms with Gasteiger partial charge in [0.25, 0.3) is 5.91 Å². The van der Waals surface area contributed by atoms with Gasteiger partial charge in [0.2, 0.25) is 0 Å². The first-order valence-electron chi connectivity index (χ1n) is 6.85. The van der Waals surface area contributed by atoms with Gasteiger partial charge in [0.1, 0.15) is 13.2 Å². The molecule has 2 aliphatic heterocycles. The molecule has 1 saturated heterocycles. The zero-order chi connectivity index (χ0) is 13.9. The van der Waals surface area contributed by atoms with Crippen LogP contribution in [0.5, 0.6) is 11.5 Å². The average molecular weight is 341 g/mol. The van der Waals surface area contributed by atoms with E-state index in [-0.39, 0.29) is 5.91 Å². The van der Waals surface area contributed by atoms with Crippen LogP contribution in [0.4, 0.5) is 0 Å². The summed E-state index contributed by atoms with van der Waals surface area (Å²) in [5.41, 5.74) is 0.642. The number of hydrogen-bond donors (Lipinski definition) is 1. The Morgan fingerprint density at radius 2 is 2.05 bits per heavy atom. The average Bonchev–Trinajstić information content (AvgIpc) is 2.75. The van der Waals surface area contributed by atoms with Crippen LogP contribution in [0.25, 0.3) is 0 Å². The van der Waals surface area contributed by atoms with E-state index in [9.17, 15) is 4.79 Å². The number of carbonyl (C=O) groups is 1. The molecule has 0 aromatic heterocycles. The zero-order valence-electron chi connectivity index (χ0n) is 11.2. The first-order valence-corrected chi connectivity index (χ1v) is 7.64. The molecule has 2 heterocycles. The van der Waals surface area contributed by atoms with Crippen LogP contribution in [-0.4, -0.2) is 50.2 Å². The molecular formula is C14H17BrN2O3. The summed E-state index contributed by atoms with van der Waals surface area (Å²) in [4.78, 5) is 14.5. The summed E-state index contributed by atoms with van der Waals surface area (Å²) >= 11 is 3.45. The smallest absolute Gasteiger partial charge is 0.254 e. The number of halogens is 1. The van der Waals surface area contributed by atoms with Crippen LogP contribution in [0.3, 0.4) is 0 Å². The minimum absolute atomic E-state index is 0.0476. The first-order chi connectivity index (χ1) is 9.75. The molecule has 0 unspecified atom stereocenters. The quantitative estimate of drug-likeness (QED) is 0.844. The lowest BCUT2D eigenvalue weighted by Gasteiger charge is -2.23. The second-order valence-electron chi connectivity index (χ2n) is 4.88. The van der Waals surface area contributed by atoms with Crippen molar-refractivity contribution >= 4 is 21.8 Å². The lowest BCUT2D eigenvalue weighted by Crippen LogP contribution is -2.34. The summed E-state index contributed by atoms with van der Waals surface area (Å²) in [6.07, 6.45) is 0.984. The van der Waals surface area contributed by atoms with Gasteiger partial charge in [0, 0.05) is 25.2 Å². The second kappa shape index (κ2) is 6.01. The molecule has 1 N–H and O–H groups in total. The van der Waals surface area contributed by atoms with Crippen molar-refractivity contribution in [2.45, 2.75) is 6.42 Å². The van der Waals surface area contributed by atoms with Crippen molar-refractivity contribution in [1.29, 1.82) is 0 Å². The van der Waals surface area contributed by atoms with Crippen molar-refractivity contribution < 1.29 is 14.3 Å². The topological polar surface area (TPSA) is 50.8 Å². The Morgan fingerprint density at radius 3 is 2.95 bits per heavy atom. The van der Waals surface area contributed by atoms with Crippen LogP contribution in [0.1, 0.15) is 16.8 Å². The summed E-state index contributed by atoms with van der Waals surface area (Å²) < 4.78 is 11.9. The van der Waals surface area contributed by atoms with Crippen molar-refractivity contribution in [1.82, 2.24) is 10.2 Å². The number of benzene rings is 1. The highest BCUT2D eigenvalue weighted by molar-refractivity contribution is 9.10. The highest BCUT2D eigenvalue weighted by Gasteiger charge is 2.22. The predicted molar refractivity (Wildman–Crippen MR) is 78.5 cm³/mol. The van der Waals surface area contributed by atoms with Gasteiger partial charge in [-0.2, -0.15) is 0 Å². The molecule has 0 spiro atoms. The van der Waals surface area contributed by atoms with E-state index in [2.05, 4.69) is 21.2 Å². The Kier molecular flexibility index (Phi) is 4.12. The molecule has 0 aliphatic carbocycles. The van der Waals surface area contributed by atoms with E-state index >= 15 is 0 Å². The second-order valence-corrected chi connectivity index (χ2v) is 5.73. The van der Waals surface area contributed by atoms with E-state index in [1.54, 1.807) is 6.07 Å². The van der Waals surface area contributed by atoms with Gasteiger partial charge in [-0.25, -0.2) is 0 Å². The highest BCUT2D eigenvalue weighted by Crippen LogP contribution is 2.38. The molecule has 2 aliphatic rings. The van der Waals surface area contributed by atoms with Crippen LogP contribution >= 0.6 is 15.9 Å². The number of fused-ring (bicyclic) bond motifs is 1. The van der Waals surface area contributed by atoms with Gasteiger partial charge in [0.05, 0.1) is 4.47 Å². The monoisotopic (exact) mass is 340 g/mol. The maximum absolute atomic E-state index is 12.6.